The van der Waals surface area contributed by atoms with Gasteiger partial charge in [-0.1, -0.05) is 12.1 Å². The third-order valence-electron chi connectivity index (χ3n) is 5.84. The van der Waals surface area contributed by atoms with Crippen molar-refractivity contribution in [3.63, 3.8) is 0 Å². The van der Waals surface area contributed by atoms with Crippen molar-refractivity contribution < 1.29 is 4.92 Å². The summed E-state index contributed by atoms with van der Waals surface area (Å²) in [6.07, 6.45) is 1.38. The van der Waals surface area contributed by atoms with Crippen LogP contribution in [0.4, 0.5) is 17.3 Å². The first-order valence-electron chi connectivity index (χ1n) is 10.6. The van der Waals surface area contributed by atoms with Crippen LogP contribution in [0.3, 0.4) is 0 Å². The van der Waals surface area contributed by atoms with E-state index in [0.717, 1.165) is 18.3 Å². The molecule has 3 aromatic rings. The normalized spacial score (nSPS) is 12.2. The fourth-order valence-corrected chi connectivity index (χ4v) is 3.86. The number of nitro groups is 1. The molecule has 0 spiro atoms. The molecular formula is C22H26N8O6. The zero-order valence-electron chi connectivity index (χ0n) is 20.6. The molecule has 0 amide bonds. The molecule has 1 aromatic carbocycles. The lowest BCUT2D eigenvalue weighted by Gasteiger charge is -2.23. The summed E-state index contributed by atoms with van der Waals surface area (Å²) in [5.74, 6) is -1.48. The lowest BCUT2D eigenvalue weighted by atomic mass is 9.86. The molecule has 0 fully saturated rings. The van der Waals surface area contributed by atoms with Gasteiger partial charge in [-0.2, -0.15) is 0 Å². The number of hydrogen-bond donors (Lipinski definition) is 1. The monoisotopic (exact) mass is 498 g/mol. The van der Waals surface area contributed by atoms with Crippen molar-refractivity contribution >= 4 is 23.7 Å². The summed E-state index contributed by atoms with van der Waals surface area (Å²) >= 11 is 0. The molecule has 2 heterocycles. The summed E-state index contributed by atoms with van der Waals surface area (Å²) in [7, 11) is 8.72. The van der Waals surface area contributed by atoms with E-state index in [1.807, 2.05) is 0 Å². The predicted octanol–water partition coefficient (Wildman–Crippen LogP) is -0.627. The van der Waals surface area contributed by atoms with Crippen LogP contribution in [0, 0.1) is 10.1 Å². The molecule has 0 bridgehead atoms. The van der Waals surface area contributed by atoms with Crippen LogP contribution in [0.25, 0.3) is 0 Å². The highest BCUT2D eigenvalue weighted by Gasteiger charge is 2.32. The van der Waals surface area contributed by atoms with Gasteiger partial charge in [-0.15, -0.1) is 0 Å². The molecule has 14 heteroatoms. The van der Waals surface area contributed by atoms with Crippen molar-refractivity contribution in [1.82, 2.24) is 23.2 Å². The van der Waals surface area contributed by atoms with E-state index in [1.54, 1.807) is 19.0 Å². The van der Waals surface area contributed by atoms with Gasteiger partial charge >= 0.3 is 11.4 Å². The summed E-state index contributed by atoms with van der Waals surface area (Å²) in [6.45, 7) is 0. The number of non-ortho nitro benzene ring substituents is 1. The van der Waals surface area contributed by atoms with Crippen LogP contribution < -0.4 is 28.2 Å². The zero-order chi connectivity index (χ0) is 27.1. The number of aromatic nitrogens is 4. The molecule has 1 atom stereocenters. The van der Waals surface area contributed by atoms with Crippen LogP contribution in [0.1, 0.15) is 22.6 Å². The summed E-state index contributed by atoms with van der Waals surface area (Å²) in [5.41, 5.74) is 3.29. The molecule has 0 radical (unpaired) electrons. The second-order valence-corrected chi connectivity index (χ2v) is 8.44. The summed E-state index contributed by atoms with van der Waals surface area (Å²) in [5, 5.41) is 11.2. The SMILES string of the molecule is CN(C)/C=N/c1c(C(c2ccc([N+](=O)[O-])cc2)c2c(N)n(C)c(=O)n(C)c2=O)c(=O)n(C)c(=O)n1C. The first kappa shape index (κ1) is 25.9. The molecule has 0 aliphatic heterocycles. The Morgan fingerprint density at radius 1 is 0.889 bits per heavy atom. The number of aliphatic imine (C=N–C) groups is 1. The van der Waals surface area contributed by atoms with E-state index in [9.17, 15) is 29.3 Å². The average Bonchev–Trinajstić information content (AvgIpc) is 2.84. The van der Waals surface area contributed by atoms with Gasteiger partial charge in [-0.05, 0) is 5.56 Å². The van der Waals surface area contributed by atoms with Crippen LogP contribution >= 0.6 is 0 Å². The zero-order valence-corrected chi connectivity index (χ0v) is 20.6. The van der Waals surface area contributed by atoms with Gasteiger partial charge in [-0.25, -0.2) is 14.6 Å². The Labute approximate surface area is 203 Å². The second-order valence-electron chi connectivity index (χ2n) is 8.44. The summed E-state index contributed by atoms with van der Waals surface area (Å²) in [6, 6.07) is 5.22. The van der Waals surface area contributed by atoms with Gasteiger partial charge in [0.25, 0.3) is 16.8 Å². The number of nitrogen functional groups attached to an aromatic ring is 1. The second kappa shape index (κ2) is 9.48. The fourth-order valence-electron chi connectivity index (χ4n) is 3.86. The van der Waals surface area contributed by atoms with E-state index in [1.165, 1.54) is 58.8 Å². The first-order chi connectivity index (χ1) is 16.8. The van der Waals surface area contributed by atoms with Crippen molar-refractivity contribution in [1.29, 1.82) is 0 Å². The first-order valence-corrected chi connectivity index (χ1v) is 10.6. The molecular weight excluding hydrogens is 472 g/mol. The largest absolute Gasteiger partial charge is 0.385 e. The Balaban J connectivity index is 2.59. The maximum atomic E-state index is 13.6. The van der Waals surface area contributed by atoms with E-state index in [-0.39, 0.29) is 28.5 Å². The van der Waals surface area contributed by atoms with Crippen LogP contribution in [0.15, 0.2) is 48.4 Å². The van der Waals surface area contributed by atoms with Gasteiger partial charge in [0.2, 0.25) is 0 Å². The standard InChI is InChI=1S/C22H26N8O6/c1-25(2)11-24-18-16(20(32)29(6)22(34)27(18)4)14(12-7-9-13(10-8-12)30(35)36)15-17(23)26(3)21(33)28(5)19(15)31/h7-11,14H,23H2,1-6H3/b24-11+. The third-order valence-corrected chi connectivity index (χ3v) is 5.84. The maximum Gasteiger partial charge on any atom is 0.332 e. The lowest BCUT2D eigenvalue weighted by Crippen LogP contribution is -2.43. The van der Waals surface area contributed by atoms with Gasteiger partial charge in [0.15, 0.2) is 0 Å². The molecule has 14 nitrogen and oxygen atoms in total. The van der Waals surface area contributed by atoms with Gasteiger partial charge in [-0.3, -0.25) is 38.0 Å². The third kappa shape index (κ3) is 4.23. The minimum absolute atomic E-state index is 0.0459. The number of rotatable bonds is 6. The van der Waals surface area contributed by atoms with Crippen molar-refractivity contribution in [2.75, 3.05) is 19.8 Å². The highest BCUT2D eigenvalue weighted by atomic mass is 16.6. The van der Waals surface area contributed by atoms with Gasteiger partial charge in [0.05, 0.1) is 28.3 Å². The van der Waals surface area contributed by atoms with Gasteiger partial charge < -0.3 is 10.6 Å². The quantitative estimate of drug-likeness (QED) is 0.202. The van der Waals surface area contributed by atoms with E-state index in [2.05, 4.69) is 4.99 Å². The van der Waals surface area contributed by atoms with Crippen LogP contribution in [0.5, 0.6) is 0 Å². The number of nitrogens with zero attached hydrogens (tertiary/aromatic N) is 7. The van der Waals surface area contributed by atoms with Crippen LogP contribution in [-0.4, -0.2) is 48.5 Å². The Morgan fingerprint density at radius 2 is 1.39 bits per heavy atom. The summed E-state index contributed by atoms with van der Waals surface area (Å²) < 4.78 is 3.92. The molecule has 2 aromatic heterocycles. The molecule has 36 heavy (non-hydrogen) atoms. The smallest absolute Gasteiger partial charge is 0.332 e. The van der Waals surface area contributed by atoms with Gasteiger partial charge in [0, 0.05) is 54.4 Å². The molecule has 0 saturated carbocycles. The Kier molecular flexibility index (Phi) is 6.81. The Morgan fingerprint density at radius 3 is 1.89 bits per heavy atom. The number of anilines is 1. The van der Waals surface area contributed by atoms with E-state index >= 15 is 0 Å². The molecule has 0 aliphatic carbocycles. The molecule has 0 saturated heterocycles. The van der Waals surface area contributed by atoms with Crippen LogP contribution in [0.2, 0.25) is 0 Å². The van der Waals surface area contributed by atoms with Crippen molar-refractivity contribution in [3.05, 3.63) is 92.7 Å². The molecule has 2 N–H and O–H groups in total. The highest BCUT2D eigenvalue weighted by molar-refractivity contribution is 5.64. The Bertz CT molecular complexity index is 1620. The number of hydrogen-bond acceptors (Lipinski definition) is 8. The summed E-state index contributed by atoms with van der Waals surface area (Å²) in [4.78, 5) is 68.7. The topological polar surface area (TPSA) is 173 Å². The Hall–Kier alpha value is -4.75. The number of nitro benzene ring substituents is 1. The minimum atomic E-state index is -1.23. The van der Waals surface area contributed by atoms with Crippen molar-refractivity contribution in [2.45, 2.75) is 5.92 Å². The van der Waals surface area contributed by atoms with E-state index in [0.29, 0.717) is 5.56 Å². The molecule has 190 valence electrons. The van der Waals surface area contributed by atoms with Crippen molar-refractivity contribution in [3.8, 4) is 0 Å². The molecule has 0 aliphatic rings. The highest BCUT2D eigenvalue weighted by Crippen LogP contribution is 2.35. The molecule has 3 rings (SSSR count). The molecule has 1 unspecified atom stereocenters. The fraction of sp³-hybridized carbons (Fsp3) is 0.318. The van der Waals surface area contributed by atoms with Gasteiger partial charge in [0.1, 0.15) is 11.6 Å². The van der Waals surface area contributed by atoms with Crippen LogP contribution in [-0.2, 0) is 28.2 Å². The van der Waals surface area contributed by atoms with E-state index in [4.69, 9.17) is 5.73 Å². The lowest BCUT2D eigenvalue weighted by molar-refractivity contribution is -0.384. The van der Waals surface area contributed by atoms with Crippen molar-refractivity contribution in [2.24, 2.45) is 33.2 Å². The van der Waals surface area contributed by atoms with E-state index < -0.39 is 33.3 Å². The maximum absolute atomic E-state index is 13.6. The number of nitrogens with two attached hydrogens (primary N) is 1. The predicted molar refractivity (Wildman–Crippen MR) is 134 cm³/mol. The number of benzene rings is 1. The minimum Gasteiger partial charge on any atom is -0.385 e. The average molecular weight is 499 g/mol.